The van der Waals surface area contributed by atoms with Gasteiger partial charge in [0, 0.05) is 0 Å². The molecule has 0 amide bonds. The predicted molar refractivity (Wildman–Crippen MR) is 130 cm³/mol. The molecule has 0 bridgehead atoms. The molecule has 0 fully saturated rings. The number of ether oxygens (including phenoxy) is 1. The average molecular weight is 417 g/mol. The van der Waals surface area contributed by atoms with Gasteiger partial charge in [0.05, 0.1) is 13.0 Å². The van der Waals surface area contributed by atoms with E-state index in [1.807, 2.05) is 12.1 Å². The topological polar surface area (TPSA) is 26.3 Å². The van der Waals surface area contributed by atoms with E-state index in [1.165, 1.54) is 101 Å². The third kappa shape index (κ3) is 12.4. The minimum atomic E-state index is -0.0701. The second kappa shape index (κ2) is 17.4. The van der Waals surface area contributed by atoms with Gasteiger partial charge in [0.15, 0.2) is 0 Å². The Morgan fingerprint density at radius 2 is 1.33 bits per heavy atom. The van der Waals surface area contributed by atoms with Crippen molar-refractivity contribution in [2.24, 2.45) is 5.92 Å². The summed E-state index contributed by atoms with van der Waals surface area (Å²) in [5, 5.41) is 0. The van der Waals surface area contributed by atoms with E-state index < -0.39 is 0 Å². The van der Waals surface area contributed by atoms with E-state index in [1.54, 1.807) is 0 Å². The fraction of sp³-hybridized carbons (Fsp3) is 0.750. The van der Waals surface area contributed by atoms with E-state index in [-0.39, 0.29) is 5.97 Å². The van der Waals surface area contributed by atoms with Crippen molar-refractivity contribution in [3.63, 3.8) is 0 Å². The fourth-order valence-corrected chi connectivity index (χ4v) is 4.16. The lowest BCUT2D eigenvalue weighted by Gasteiger charge is -2.17. The molecule has 1 aromatic rings. The summed E-state index contributed by atoms with van der Waals surface area (Å²) in [6.45, 7) is 9.33. The molecular formula is C28H48O2. The van der Waals surface area contributed by atoms with Crippen LogP contribution >= 0.6 is 0 Å². The highest BCUT2D eigenvalue weighted by molar-refractivity contribution is 5.73. The Bertz CT molecular complexity index is 564. The largest absolute Gasteiger partial charge is 0.465 e. The smallest absolute Gasteiger partial charge is 0.310 e. The van der Waals surface area contributed by atoms with Crippen LogP contribution in [-0.2, 0) is 16.0 Å². The normalized spacial score (nSPS) is 12.1. The number of benzene rings is 1. The lowest BCUT2D eigenvalue weighted by molar-refractivity contribution is -0.144. The molecule has 1 unspecified atom stereocenters. The van der Waals surface area contributed by atoms with Gasteiger partial charge >= 0.3 is 5.97 Å². The van der Waals surface area contributed by atoms with Crippen molar-refractivity contribution >= 4 is 5.97 Å². The van der Waals surface area contributed by atoms with Gasteiger partial charge in [-0.2, -0.15) is 0 Å². The van der Waals surface area contributed by atoms with Gasteiger partial charge in [-0.1, -0.05) is 109 Å². The van der Waals surface area contributed by atoms with Gasteiger partial charge in [-0.3, -0.25) is 4.79 Å². The van der Waals surface area contributed by atoms with E-state index >= 15 is 0 Å². The van der Waals surface area contributed by atoms with Crippen molar-refractivity contribution < 1.29 is 9.53 Å². The van der Waals surface area contributed by atoms with Crippen molar-refractivity contribution in [2.45, 2.75) is 124 Å². The molecule has 172 valence electrons. The molecule has 0 N–H and O–H groups in total. The second-order valence-electron chi connectivity index (χ2n) is 9.20. The number of hydrogen-bond donors (Lipinski definition) is 0. The van der Waals surface area contributed by atoms with Gasteiger partial charge < -0.3 is 4.74 Å². The van der Waals surface area contributed by atoms with Gasteiger partial charge in [-0.25, -0.2) is 0 Å². The number of hydrogen-bond acceptors (Lipinski definition) is 2. The number of rotatable bonds is 18. The summed E-state index contributed by atoms with van der Waals surface area (Å²) < 4.78 is 5.75. The highest BCUT2D eigenvalue weighted by Crippen LogP contribution is 2.20. The molecule has 0 aliphatic carbocycles. The third-order valence-corrected chi connectivity index (χ3v) is 6.46. The molecule has 0 saturated heterocycles. The molecule has 0 aliphatic rings. The van der Waals surface area contributed by atoms with Crippen LogP contribution in [0.25, 0.3) is 0 Å². The number of esters is 1. The number of aryl methyl sites for hydroxylation is 1. The highest BCUT2D eigenvalue weighted by atomic mass is 16.5. The number of unbranched alkanes of at least 4 members (excludes halogenated alkanes) is 10. The monoisotopic (exact) mass is 416 g/mol. The Morgan fingerprint density at radius 3 is 1.90 bits per heavy atom. The van der Waals surface area contributed by atoms with E-state index in [0.717, 1.165) is 5.56 Å². The maximum atomic E-state index is 12.5. The van der Waals surface area contributed by atoms with Crippen LogP contribution in [0.15, 0.2) is 18.2 Å². The molecule has 1 rings (SSSR count). The molecule has 0 radical (unpaired) electrons. The van der Waals surface area contributed by atoms with Crippen molar-refractivity contribution in [3.8, 4) is 0 Å². The SMILES string of the molecule is CCCCCCCCCC(CCCCCCC)COC(=O)Cc1cccc(C)c1C. The summed E-state index contributed by atoms with van der Waals surface area (Å²) in [7, 11) is 0. The van der Waals surface area contributed by atoms with Crippen molar-refractivity contribution in [1.29, 1.82) is 0 Å². The number of carbonyl (C=O) groups is 1. The van der Waals surface area contributed by atoms with Crippen LogP contribution in [0.1, 0.15) is 120 Å². The minimum absolute atomic E-state index is 0.0701. The molecule has 2 heteroatoms. The molecule has 0 spiro atoms. The van der Waals surface area contributed by atoms with Crippen LogP contribution in [0.5, 0.6) is 0 Å². The van der Waals surface area contributed by atoms with Crippen molar-refractivity contribution in [1.82, 2.24) is 0 Å². The standard InChI is InChI=1S/C28H48O2/c1-5-7-9-11-12-14-16-20-26(19-15-13-10-8-6-2)23-30-28(29)22-27-21-17-18-24(3)25(27)4/h17-18,21,26H,5-16,19-20,22-23H2,1-4H3. The Hall–Kier alpha value is -1.31. The van der Waals surface area contributed by atoms with Gasteiger partial charge in [-0.15, -0.1) is 0 Å². The molecule has 1 atom stereocenters. The van der Waals surface area contributed by atoms with Gasteiger partial charge in [0.1, 0.15) is 0 Å². The molecular weight excluding hydrogens is 368 g/mol. The van der Waals surface area contributed by atoms with E-state index in [4.69, 9.17) is 4.74 Å². The highest BCUT2D eigenvalue weighted by Gasteiger charge is 2.14. The van der Waals surface area contributed by atoms with Gasteiger partial charge in [0.2, 0.25) is 0 Å². The Morgan fingerprint density at radius 1 is 0.800 bits per heavy atom. The summed E-state index contributed by atoms with van der Waals surface area (Å²) in [4.78, 5) is 12.5. The first-order chi connectivity index (χ1) is 14.6. The average Bonchev–Trinajstić information content (AvgIpc) is 2.73. The van der Waals surface area contributed by atoms with E-state index in [2.05, 4.69) is 33.8 Å². The first-order valence-corrected chi connectivity index (χ1v) is 12.8. The Labute approximate surface area is 187 Å². The molecule has 0 heterocycles. The van der Waals surface area contributed by atoms with Crippen molar-refractivity contribution in [3.05, 3.63) is 34.9 Å². The van der Waals surface area contributed by atoms with E-state index in [0.29, 0.717) is 18.9 Å². The first-order valence-electron chi connectivity index (χ1n) is 12.8. The van der Waals surface area contributed by atoms with Crippen LogP contribution < -0.4 is 0 Å². The minimum Gasteiger partial charge on any atom is -0.465 e. The molecule has 0 aromatic heterocycles. The van der Waals surface area contributed by atoms with Crippen LogP contribution in [-0.4, -0.2) is 12.6 Å². The van der Waals surface area contributed by atoms with Crippen LogP contribution in [0.4, 0.5) is 0 Å². The third-order valence-electron chi connectivity index (χ3n) is 6.46. The zero-order chi connectivity index (χ0) is 22.0. The van der Waals surface area contributed by atoms with Crippen LogP contribution in [0, 0.1) is 19.8 Å². The van der Waals surface area contributed by atoms with Crippen LogP contribution in [0.3, 0.4) is 0 Å². The van der Waals surface area contributed by atoms with Crippen LogP contribution in [0.2, 0.25) is 0 Å². The zero-order valence-corrected chi connectivity index (χ0v) is 20.4. The predicted octanol–water partition coefficient (Wildman–Crippen LogP) is 8.51. The molecule has 1 aromatic carbocycles. The maximum absolute atomic E-state index is 12.5. The molecule has 30 heavy (non-hydrogen) atoms. The quantitative estimate of drug-likeness (QED) is 0.177. The lowest BCUT2D eigenvalue weighted by atomic mass is 9.94. The Balaban J connectivity index is 2.38. The maximum Gasteiger partial charge on any atom is 0.310 e. The molecule has 0 aliphatic heterocycles. The number of carbonyl (C=O) groups excluding carboxylic acids is 1. The zero-order valence-electron chi connectivity index (χ0n) is 20.4. The summed E-state index contributed by atoms with van der Waals surface area (Å²) in [6, 6.07) is 6.18. The Kier molecular flexibility index (Phi) is 15.5. The summed E-state index contributed by atoms with van der Waals surface area (Å²) in [5.74, 6) is 0.462. The van der Waals surface area contributed by atoms with Crippen molar-refractivity contribution in [2.75, 3.05) is 6.61 Å². The summed E-state index contributed by atoms with van der Waals surface area (Å²) in [6.07, 6.45) is 18.8. The first kappa shape index (κ1) is 26.7. The molecule has 2 nitrogen and oxygen atoms in total. The van der Waals surface area contributed by atoms with Gasteiger partial charge in [-0.05, 0) is 49.3 Å². The fourth-order valence-electron chi connectivity index (χ4n) is 4.16. The second-order valence-corrected chi connectivity index (χ2v) is 9.20. The lowest BCUT2D eigenvalue weighted by Crippen LogP contribution is -2.16. The van der Waals surface area contributed by atoms with Gasteiger partial charge in [0.25, 0.3) is 0 Å². The van der Waals surface area contributed by atoms with E-state index in [9.17, 15) is 4.79 Å². The molecule has 0 saturated carbocycles. The summed E-state index contributed by atoms with van der Waals surface area (Å²) >= 11 is 0. The summed E-state index contributed by atoms with van der Waals surface area (Å²) in [5.41, 5.74) is 3.55.